The minimum atomic E-state index is -0.774. The monoisotopic (exact) mass is 233 g/mol. The van der Waals surface area contributed by atoms with Crippen molar-refractivity contribution in [1.82, 2.24) is 5.32 Å². The van der Waals surface area contributed by atoms with Gasteiger partial charge in [-0.2, -0.15) is 11.8 Å². The molecule has 0 aliphatic rings. The van der Waals surface area contributed by atoms with E-state index in [0.717, 1.165) is 6.54 Å². The molecule has 0 radical (unpaired) electrons. The normalized spacial score (nSPS) is 16.5. The second-order valence-corrected chi connectivity index (χ2v) is 5.27. The minimum Gasteiger partial charge on any atom is -0.387 e. The predicted octanol–water partition coefficient (Wildman–Crippen LogP) is 0.661. The van der Waals surface area contributed by atoms with Gasteiger partial charge < -0.3 is 16.2 Å². The van der Waals surface area contributed by atoms with E-state index < -0.39 is 5.60 Å². The number of nitrogens with zero attached hydrogens (tertiary/aromatic N) is 1. The highest BCUT2D eigenvalue weighted by atomic mass is 32.2. The van der Waals surface area contributed by atoms with Crippen LogP contribution in [0.3, 0.4) is 0 Å². The van der Waals surface area contributed by atoms with Crippen molar-refractivity contribution < 1.29 is 5.11 Å². The first kappa shape index (κ1) is 14.6. The average molecular weight is 233 g/mol. The molecule has 0 aromatic rings. The summed E-state index contributed by atoms with van der Waals surface area (Å²) in [6, 6.07) is 0. The quantitative estimate of drug-likeness (QED) is 0.465. The van der Waals surface area contributed by atoms with Crippen molar-refractivity contribution in [3.63, 3.8) is 0 Å². The van der Waals surface area contributed by atoms with Gasteiger partial charge in [0, 0.05) is 12.3 Å². The molecular formula is C10H23N3OS. The van der Waals surface area contributed by atoms with Gasteiger partial charge in [-0.15, -0.1) is 0 Å². The maximum atomic E-state index is 9.83. The zero-order valence-electron chi connectivity index (χ0n) is 10.1. The van der Waals surface area contributed by atoms with E-state index >= 15 is 0 Å². The van der Waals surface area contributed by atoms with Crippen molar-refractivity contribution in [2.45, 2.75) is 26.4 Å². The van der Waals surface area contributed by atoms with Crippen LogP contribution < -0.4 is 11.1 Å². The summed E-state index contributed by atoms with van der Waals surface area (Å²) in [5.41, 5.74) is 4.87. The summed E-state index contributed by atoms with van der Waals surface area (Å²) in [5, 5.41) is 12.8. The van der Waals surface area contributed by atoms with Gasteiger partial charge >= 0.3 is 0 Å². The predicted molar refractivity (Wildman–Crippen MR) is 68.3 cm³/mol. The average Bonchev–Trinajstić information content (AvgIpc) is 2.11. The lowest BCUT2D eigenvalue weighted by atomic mass is 10.1. The SMILES string of the molecule is CSCC(C)(O)CN=C(N)NCC(C)C. The molecule has 0 aromatic carbocycles. The highest BCUT2D eigenvalue weighted by Crippen LogP contribution is 2.10. The Bertz CT molecular complexity index is 205. The summed E-state index contributed by atoms with van der Waals surface area (Å²) in [6.45, 7) is 7.11. The molecule has 5 heteroatoms. The first-order valence-electron chi connectivity index (χ1n) is 5.12. The Balaban J connectivity index is 3.93. The molecule has 15 heavy (non-hydrogen) atoms. The van der Waals surface area contributed by atoms with Crippen LogP contribution in [0.1, 0.15) is 20.8 Å². The lowest BCUT2D eigenvalue weighted by Crippen LogP contribution is -2.37. The Morgan fingerprint density at radius 3 is 2.67 bits per heavy atom. The van der Waals surface area contributed by atoms with Gasteiger partial charge in [0.2, 0.25) is 0 Å². The first-order chi connectivity index (χ1) is 6.87. The molecule has 0 saturated heterocycles. The van der Waals surface area contributed by atoms with Crippen LogP contribution in [0.4, 0.5) is 0 Å². The van der Waals surface area contributed by atoms with E-state index in [2.05, 4.69) is 24.2 Å². The van der Waals surface area contributed by atoms with Crippen LogP contribution in [0.5, 0.6) is 0 Å². The molecule has 4 N–H and O–H groups in total. The van der Waals surface area contributed by atoms with Crippen molar-refractivity contribution in [2.75, 3.05) is 25.1 Å². The topological polar surface area (TPSA) is 70.6 Å². The fourth-order valence-electron chi connectivity index (χ4n) is 0.977. The van der Waals surface area contributed by atoms with Crippen LogP contribution in [0, 0.1) is 5.92 Å². The van der Waals surface area contributed by atoms with E-state index in [9.17, 15) is 5.11 Å². The Morgan fingerprint density at radius 2 is 2.20 bits per heavy atom. The van der Waals surface area contributed by atoms with Crippen molar-refractivity contribution >= 4 is 17.7 Å². The summed E-state index contributed by atoms with van der Waals surface area (Å²) in [5.74, 6) is 1.60. The summed E-state index contributed by atoms with van der Waals surface area (Å²) in [6.07, 6.45) is 1.96. The lowest BCUT2D eigenvalue weighted by Gasteiger charge is -2.19. The third-order valence-electron chi connectivity index (χ3n) is 1.74. The standard InChI is InChI=1S/C10H23N3OS/c1-8(2)5-12-9(11)13-6-10(3,14)7-15-4/h8,14H,5-7H2,1-4H3,(H3,11,12,13). The summed E-state index contributed by atoms with van der Waals surface area (Å²) < 4.78 is 0. The van der Waals surface area contributed by atoms with Gasteiger partial charge in [-0.25, -0.2) is 0 Å². The molecule has 90 valence electrons. The van der Waals surface area contributed by atoms with Gasteiger partial charge in [0.15, 0.2) is 5.96 Å². The number of nitrogens with two attached hydrogens (primary N) is 1. The van der Waals surface area contributed by atoms with Gasteiger partial charge in [0.1, 0.15) is 0 Å². The summed E-state index contributed by atoms with van der Waals surface area (Å²) in [7, 11) is 0. The Kier molecular flexibility index (Phi) is 6.76. The number of nitrogens with one attached hydrogen (secondary N) is 1. The molecule has 0 aliphatic heterocycles. The zero-order chi connectivity index (χ0) is 11.9. The molecule has 0 aromatic heterocycles. The van der Waals surface area contributed by atoms with Crippen molar-refractivity contribution in [3.05, 3.63) is 0 Å². The molecule has 0 fully saturated rings. The van der Waals surface area contributed by atoms with Gasteiger partial charge in [0.25, 0.3) is 0 Å². The lowest BCUT2D eigenvalue weighted by molar-refractivity contribution is 0.0955. The van der Waals surface area contributed by atoms with Crippen LogP contribution >= 0.6 is 11.8 Å². The molecule has 0 aliphatic carbocycles. The molecular weight excluding hydrogens is 210 g/mol. The van der Waals surface area contributed by atoms with Crippen LogP contribution in [-0.4, -0.2) is 41.8 Å². The molecule has 0 amide bonds. The third kappa shape index (κ3) is 8.57. The smallest absolute Gasteiger partial charge is 0.188 e. The second kappa shape index (κ2) is 6.95. The number of guanidine groups is 1. The van der Waals surface area contributed by atoms with Gasteiger partial charge in [-0.3, -0.25) is 4.99 Å². The Morgan fingerprint density at radius 1 is 1.60 bits per heavy atom. The van der Waals surface area contributed by atoms with E-state index in [-0.39, 0.29) is 0 Å². The fourth-order valence-corrected chi connectivity index (χ4v) is 1.69. The zero-order valence-corrected chi connectivity index (χ0v) is 10.9. The largest absolute Gasteiger partial charge is 0.387 e. The maximum absolute atomic E-state index is 9.83. The molecule has 0 rings (SSSR count). The van der Waals surface area contributed by atoms with Crippen molar-refractivity contribution in [2.24, 2.45) is 16.6 Å². The van der Waals surface area contributed by atoms with E-state index in [1.807, 2.05) is 6.26 Å². The molecule has 0 saturated carbocycles. The second-order valence-electron chi connectivity index (χ2n) is 4.41. The van der Waals surface area contributed by atoms with E-state index in [0.29, 0.717) is 24.2 Å². The third-order valence-corrected chi connectivity index (χ3v) is 2.65. The molecule has 0 spiro atoms. The molecule has 0 bridgehead atoms. The number of aliphatic hydroxyl groups is 1. The van der Waals surface area contributed by atoms with Crippen LogP contribution in [0.2, 0.25) is 0 Å². The number of thioether (sulfide) groups is 1. The van der Waals surface area contributed by atoms with Crippen LogP contribution in [0.25, 0.3) is 0 Å². The minimum absolute atomic E-state index is 0.338. The van der Waals surface area contributed by atoms with Crippen molar-refractivity contribution in [1.29, 1.82) is 0 Å². The molecule has 0 heterocycles. The Hall–Kier alpha value is -0.420. The number of aliphatic imine (C=N–C) groups is 1. The number of rotatable bonds is 6. The van der Waals surface area contributed by atoms with Crippen LogP contribution in [-0.2, 0) is 0 Å². The maximum Gasteiger partial charge on any atom is 0.188 e. The highest BCUT2D eigenvalue weighted by molar-refractivity contribution is 7.98. The fraction of sp³-hybridized carbons (Fsp3) is 0.900. The summed E-state index contributed by atoms with van der Waals surface area (Å²) in [4.78, 5) is 4.11. The first-order valence-corrected chi connectivity index (χ1v) is 6.52. The van der Waals surface area contributed by atoms with Crippen molar-refractivity contribution in [3.8, 4) is 0 Å². The van der Waals surface area contributed by atoms with E-state index in [4.69, 9.17) is 5.73 Å². The van der Waals surface area contributed by atoms with Gasteiger partial charge in [-0.05, 0) is 19.1 Å². The van der Waals surface area contributed by atoms with Gasteiger partial charge in [0.05, 0.1) is 12.1 Å². The van der Waals surface area contributed by atoms with E-state index in [1.165, 1.54) is 0 Å². The van der Waals surface area contributed by atoms with Crippen LogP contribution in [0.15, 0.2) is 4.99 Å². The van der Waals surface area contributed by atoms with E-state index in [1.54, 1.807) is 18.7 Å². The highest BCUT2D eigenvalue weighted by Gasteiger charge is 2.18. The molecule has 1 unspecified atom stereocenters. The molecule has 4 nitrogen and oxygen atoms in total. The van der Waals surface area contributed by atoms with Gasteiger partial charge in [-0.1, -0.05) is 13.8 Å². The molecule has 1 atom stereocenters. The summed E-state index contributed by atoms with van der Waals surface area (Å²) >= 11 is 1.60. The number of hydrogen-bond acceptors (Lipinski definition) is 3. The number of hydrogen-bond donors (Lipinski definition) is 3. The Labute approximate surface area is 96.7 Å².